The summed E-state index contributed by atoms with van der Waals surface area (Å²) in [6.45, 7) is 11.5. The quantitative estimate of drug-likeness (QED) is 0.549. The molecule has 2 aromatic carbocycles. The maximum atomic E-state index is 13.3. The number of fused-ring (bicyclic) bond motifs is 3. The Morgan fingerprint density at radius 1 is 0.938 bits per heavy atom. The van der Waals surface area contributed by atoms with Gasteiger partial charge in [-0.25, -0.2) is 4.39 Å². The van der Waals surface area contributed by atoms with Crippen molar-refractivity contribution in [2.75, 3.05) is 0 Å². The van der Waals surface area contributed by atoms with Crippen LogP contribution in [0.4, 0.5) is 4.39 Å². The molecule has 4 radical (unpaired) electrons. The Labute approximate surface area is 92.5 Å². The van der Waals surface area contributed by atoms with Crippen LogP contribution in [0.25, 0.3) is 21.9 Å². The fraction of sp³-hybridized carbons (Fsp3) is 0. The van der Waals surface area contributed by atoms with Crippen LogP contribution in [0.2, 0.25) is 0 Å². The minimum Gasteiger partial charge on any atom is -0.455 e. The van der Waals surface area contributed by atoms with Crippen molar-refractivity contribution in [3.8, 4) is 0 Å². The third-order valence-electron chi connectivity index (χ3n) is 2.62. The number of rotatable bonds is 0. The zero-order chi connectivity index (χ0) is 11.3. The summed E-state index contributed by atoms with van der Waals surface area (Å²) in [5.41, 5.74) is 1.84. The molecule has 0 aliphatic carbocycles. The van der Waals surface area contributed by atoms with Crippen molar-refractivity contribution in [1.29, 1.82) is 0 Å². The van der Waals surface area contributed by atoms with Gasteiger partial charge in [-0.3, -0.25) is 0 Å². The van der Waals surface area contributed by atoms with Gasteiger partial charge >= 0.3 is 0 Å². The van der Waals surface area contributed by atoms with E-state index in [1.807, 2.05) is 6.07 Å². The van der Waals surface area contributed by atoms with Gasteiger partial charge < -0.3 is 4.42 Å². The Kier molecular flexibility index (Phi) is 1.81. The molecule has 0 aliphatic rings. The summed E-state index contributed by atoms with van der Waals surface area (Å²) in [6, 6.07) is 8.00. The Hall–Kier alpha value is -1.83. The lowest BCUT2D eigenvalue weighted by Gasteiger charge is -1.94. The van der Waals surface area contributed by atoms with Crippen LogP contribution in [0, 0.1) is 19.7 Å². The van der Waals surface area contributed by atoms with Crippen molar-refractivity contribution in [1.82, 2.24) is 0 Å². The summed E-state index contributed by atoms with van der Waals surface area (Å²) in [4.78, 5) is 0. The number of furan rings is 1. The first-order valence-corrected chi connectivity index (χ1v) is 4.82. The lowest BCUT2D eigenvalue weighted by Crippen LogP contribution is -1.77. The van der Waals surface area contributed by atoms with E-state index < -0.39 is 0 Å². The van der Waals surface area contributed by atoms with E-state index in [2.05, 4.69) is 0 Å². The minimum atomic E-state index is -0.380. The lowest BCUT2D eigenvalue weighted by atomic mass is 10.1. The normalized spacial score (nSPS) is 11.4. The summed E-state index contributed by atoms with van der Waals surface area (Å²) in [7, 11) is 0. The van der Waals surface area contributed by atoms with Crippen LogP contribution in [0.3, 0.4) is 0 Å². The highest BCUT2D eigenvalue weighted by Crippen LogP contribution is 2.32. The molecule has 0 saturated heterocycles. The molecule has 0 bridgehead atoms. The molecule has 76 valence electrons. The Morgan fingerprint density at radius 3 is 2.50 bits per heavy atom. The van der Waals surface area contributed by atoms with Gasteiger partial charge in [-0.15, -0.1) is 0 Å². The third-order valence-corrected chi connectivity index (χ3v) is 2.62. The molecular weight excluding hydrogens is 203 g/mol. The predicted molar refractivity (Wildman–Crippen MR) is 60.5 cm³/mol. The van der Waals surface area contributed by atoms with Gasteiger partial charge in [0.15, 0.2) is 0 Å². The molecule has 0 spiro atoms. The van der Waals surface area contributed by atoms with E-state index in [0.717, 1.165) is 5.39 Å². The second-order valence-electron chi connectivity index (χ2n) is 3.70. The summed E-state index contributed by atoms with van der Waals surface area (Å²) in [5, 5.41) is 1.43. The lowest BCUT2D eigenvalue weighted by molar-refractivity contribution is 0.625. The molecule has 1 heterocycles. The topological polar surface area (TPSA) is 13.1 Å². The van der Waals surface area contributed by atoms with Crippen molar-refractivity contribution in [3.63, 3.8) is 0 Å². The third kappa shape index (κ3) is 1.16. The highest BCUT2D eigenvalue weighted by atomic mass is 19.1. The standard InChI is InChI=1S/C14H7FO/c1-8-4-3-5-11-12-7-10(15)6-9(2)14(12)16-13(8)11/h1-7H. The molecule has 3 rings (SSSR count). The Bertz CT molecular complexity index is 695. The highest BCUT2D eigenvalue weighted by Gasteiger charge is 2.11. The Balaban J connectivity index is 2.61. The van der Waals surface area contributed by atoms with Crippen molar-refractivity contribution in [2.45, 2.75) is 0 Å². The van der Waals surface area contributed by atoms with Crippen molar-refractivity contribution in [3.05, 3.63) is 61.1 Å². The van der Waals surface area contributed by atoms with Crippen molar-refractivity contribution in [2.24, 2.45) is 0 Å². The Morgan fingerprint density at radius 2 is 1.69 bits per heavy atom. The maximum absolute atomic E-state index is 13.3. The van der Waals surface area contributed by atoms with E-state index >= 15 is 0 Å². The first-order chi connectivity index (χ1) is 7.66. The average Bonchev–Trinajstić information content (AvgIpc) is 2.59. The second kappa shape index (κ2) is 3.08. The van der Waals surface area contributed by atoms with Crippen molar-refractivity contribution >= 4 is 21.9 Å². The molecule has 0 saturated carbocycles. The van der Waals surface area contributed by atoms with E-state index in [0.29, 0.717) is 22.1 Å². The molecule has 0 unspecified atom stereocenters. The van der Waals surface area contributed by atoms with Crippen LogP contribution < -0.4 is 0 Å². The molecule has 1 nitrogen and oxygen atoms in total. The zero-order valence-electron chi connectivity index (χ0n) is 8.33. The number of para-hydroxylation sites is 1. The van der Waals surface area contributed by atoms with Crippen molar-refractivity contribution < 1.29 is 8.81 Å². The SMILES string of the molecule is [CH]c1cccc2c1oc1c([CH])cc(F)cc12. The van der Waals surface area contributed by atoms with Crippen LogP contribution in [0.1, 0.15) is 11.1 Å². The van der Waals surface area contributed by atoms with Gasteiger partial charge in [0.25, 0.3) is 0 Å². The summed E-state index contributed by atoms with van der Waals surface area (Å²) >= 11 is 0. The molecule has 3 aromatic rings. The maximum Gasteiger partial charge on any atom is 0.139 e. The number of hydrogen-bond donors (Lipinski definition) is 0. The van der Waals surface area contributed by atoms with E-state index in [1.54, 1.807) is 12.1 Å². The van der Waals surface area contributed by atoms with Crippen LogP contribution >= 0.6 is 0 Å². The molecule has 2 heteroatoms. The van der Waals surface area contributed by atoms with E-state index in [4.69, 9.17) is 18.3 Å². The molecule has 1 aromatic heterocycles. The van der Waals surface area contributed by atoms with Gasteiger partial charge in [0.2, 0.25) is 0 Å². The fourth-order valence-corrected chi connectivity index (χ4v) is 1.91. The van der Waals surface area contributed by atoms with Gasteiger partial charge in [-0.05, 0) is 17.7 Å². The molecular formula is C14H7FO. The predicted octanol–water partition coefficient (Wildman–Crippen LogP) is 3.84. The molecule has 0 aliphatic heterocycles. The van der Waals surface area contributed by atoms with E-state index in [-0.39, 0.29) is 11.4 Å². The zero-order valence-corrected chi connectivity index (χ0v) is 8.33. The molecule has 0 fully saturated rings. The number of benzene rings is 2. The second-order valence-corrected chi connectivity index (χ2v) is 3.70. The number of hydrogen-bond acceptors (Lipinski definition) is 1. The first-order valence-electron chi connectivity index (χ1n) is 4.82. The number of halogens is 1. The van der Waals surface area contributed by atoms with E-state index in [9.17, 15) is 4.39 Å². The molecule has 16 heavy (non-hydrogen) atoms. The highest BCUT2D eigenvalue weighted by molar-refractivity contribution is 6.07. The summed E-state index contributed by atoms with van der Waals surface area (Å²) < 4.78 is 18.8. The van der Waals surface area contributed by atoms with Crippen LogP contribution in [0.5, 0.6) is 0 Å². The first kappa shape index (κ1) is 9.40. The summed E-state index contributed by atoms with van der Waals surface area (Å²) in [6.07, 6.45) is 0. The van der Waals surface area contributed by atoms with E-state index in [1.165, 1.54) is 12.1 Å². The van der Waals surface area contributed by atoms with Gasteiger partial charge in [-0.1, -0.05) is 18.2 Å². The largest absolute Gasteiger partial charge is 0.455 e. The summed E-state index contributed by atoms with van der Waals surface area (Å²) in [5.74, 6) is -0.380. The molecule has 0 atom stereocenters. The smallest absolute Gasteiger partial charge is 0.139 e. The molecule has 0 amide bonds. The monoisotopic (exact) mass is 210 g/mol. The molecule has 0 N–H and O–H groups in total. The minimum absolute atomic E-state index is 0.283. The van der Waals surface area contributed by atoms with Gasteiger partial charge in [0, 0.05) is 30.2 Å². The van der Waals surface area contributed by atoms with Gasteiger partial charge in [0.1, 0.15) is 17.0 Å². The van der Waals surface area contributed by atoms with Crippen LogP contribution in [-0.2, 0) is 0 Å². The van der Waals surface area contributed by atoms with Crippen LogP contribution in [-0.4, -0.2) is 0 Å². The van der Waals surface area contributed by atoms with Gasteiger partial charge in [0.05, 0.1) is 0 Å². The van der Waals surface area contributed by atoms with Crippen LogP contribution in [0.15, 0.2) is 34.7 Å². The fourth-order valence-electron chi connectivity index (χ4n) is 1.91. The average molecular weight is 210 g/mol. The van der Waals surface area contributed by atoms with Gasteiger partial charge in [-0.2, -0.15) is 0 Å².